The summed E-state index contributed by atoms with van der Waals surface area (Å²) in [5.41, 5.74) is 4.16. The Labute approximate surface area is 148 Å². The van der Waals surface area contributed by atoms with Gasteiger partial charge >= 0.3 is 6.03 Å². The van der Waals surface area contributed by atoms with E-state index in [1.54, 1.807) is 4.90 Å². The van der Waals surface area contributed by atoms with E-state index >= 15 is 0 Å². The molecule has 2 aromatic carbocycles. The van der Waals surface area contributed by atoms with Crippen LogP contribution >= 0.6 is 0 Å². The molecule has 2 aromatic rings. The average Bonchev–Trinajstić information content (AvgIpc) is 2.91. The van der Waals surface area contributed by atoms with E-state index in [2.05, 4.69) is 10.6 Å². The summed E-state index contributed by atoms with van der Waals surface area (Å²) in [6.07, 6.45) is 0.340. The molecule has 2 N–H and O–H groups in total. The summed E-state index contributed by atoms with van der Waals surface area (Å²) in [6.45, 7) is 5.16. The van der Waals surface area contributed by atoms with E-state index in [4.69, 9.17) is 0 Å². The van der Waals surface area contributed by atoms with Crippen molar-refractivity contribution in [2.45, 2.75) is 32.9 Å². The van der Waals surface area contributed by atoms with Gasteiger partial charge in [0.1, 0.15) is 0 Å². The van der Waals surface area contributed by atoms with Gasteiger partial charge in [-0.2, -0.15) is 0 Å². The van der Waals surface area contributed by atoms with Crippen LogP contribution in [0.15, 0.2) is 48.5 Å². The standard InChI is InChI=1S/C20H23N3O2/c1-14-8-9-17(10-15(14)2)21-20(25)22-18-11-19(24)23(13-18)12-16-6-4-3-5-7-16/h3-10,18H,11-13H2,1-2H3,(H2,21,22,25). The number of urea groups is 1. The smallest absolute Gasteiger partial charge is 0.319 e. The van der Waals surface area contributed by atoms with Crippen molar-refractivity contribution in [3.05, 3.63) is 65.2 Å². The number of rotatable bonds is 4. The van der Waals surface area contributed by atoms with Crippen LogP contribution in [0.1, 0.15) is 23.1 Å². The molecule has 0 spiro atoms. The first-order chi connectivity index (χ1) is 12.0. The zero-order valence-corrected chi connectivity index (χ0v) is 14.6. The number of hydrogen-bond donors (Lipinski definition) is 2. The second kappa shape index (κ2) is 7.38. The highest BCUT2D eigenvalue weighted by Crippen LogP contribution is 2.16. The molecule has 0 saturated carbocycles. The molecule has 1 unspecified atom stereocenters. The van der Waals surface area contributed by atoms with Gasteiger partial charge in [-0.05, 0) is 42.7 Å². The minimum Gasteiger partial charge on any atom is -0.336 e. The number of anilines is 1. The van der Waals surface area contributed by atoms with Gasteiger partial charge < -0.3 is 15.5 Å². The highest BCUT2D eigenvalue weighted by Gasteiger charge is 2.30. The number of amides is 3. The molecule has 1 heterocycles. The minimum absolute atomic E-state index is 0.0698. The van der Waals surface area contributed by atoms with Gasteiger partial charge in [-0.1, -0.05) is 36.4 Å². The lowest BCUT2D eigenvalue weighted by Crippen LogP contribution is -2.39. The van der Waals surface area contributed by atoms with Gasteiger partial charge in [-0.25, -0.2) is 4.79 Å². The van der Waals surface area contributed by atoms with Gasteiger partial charge in [0.05, 0.1) is 6.04 Å². The third-order valence-electron chi connectivity index (χ3n) is 4.53. The zero-order chi connectivity index (χ0) is 17.8. The predicted octanol–water partition coefficient (Wildman–Crippen LogP) is 3.23. The van der Waals surface area contributed by atoms with Crippen molar-refractivity contribution in [3.63, 3.8) is 0 Å². The number of carbonyl (C=O) groups is 2. The summed E-state index contributed by atoms with van der Waals surface area (Å²) in [5.74, 6) is 0.0698. The number of nitrogens with one attached hydrogen (secondary N) is 2. The van der Waals surface area contributed by atoms with Gasteiger partial charge in [0.2, 0.25) is 5.91 Å². The number of carbonyl (C=O) groups excluding carboxylic acids is 2. The molecule has 1 aliphatic rings. The third-order valence-corrected chi connectivity index (χ3v) is 4.53. The summed E-state index contributed by atoms with van der Waals surface area (Å²) in [5, 5.41) is 5.73. The monoisotopic (exact) mass is 337 g/mol. The van der Waals surface area contributed by atoms with Gasteiger partial charge in [0.25, 0.3) is 0 Å². The maximum Gasteiger partial charge on any atom is 0.319 e. The van der Waals surface area contributed by atoms with Crippen LogP contribution in [0.4, 0.5) is 10.5 Å². The van der Waals surface area contributed by atoms with Crippen LogP contribution in [0.5, 0.6) is 0 Å². The number of benzene rings is 2. The summed E-state index contributed by atoms with van der Waals surface area (Å²) in [6, 6.07) is 15.2. The lowest BCUT2D eigenvalue weighted by molar-refractivity contribution is -0.128. The Bertz CT molecular complexity index is 774. The summed E-state index contributed by atoms with van der Waals surface area (Å²) in [7, 11) is 0. The van der Waals surface area contributed by atoms with Gasteiger partial charge in [-0.15, -0.1) is 0 Å². The first-order valence-electron chi connectivity index (χ1n) is 8.48. The van der Waals surface area contributed by atoms with Crippen LogP contribution in [-0.4, -0.2) is 29.4 Å². The van der Waals surface area contributed by atoms with Gasteiger partial charge in [0.15, 0.2) is 0 Å². The second-order valence-corrected chi connectivity index (χ2v) is 6.56. The Morgan fingerprint density at radius 3 is 2.60 bits per heavy atom. The Balaban J connectivity index is 1.54. The van der Waals surface area contributed by atoms with Gasteiger partial charge in [0, 0.05) is 25.2 Å². The highest BCUT2D eigenvalue weighted by molar-refractivity contribution is 5.90. The molecule has 0 bridgehead atoms. The molecule has 0 aromatic heterocycles. The fraction of sp³-hybridized carbons (Fsp3) is 0.300. The molecule has 3 rings (SSSR count). The number of likely N-dealkylation sites (tertiary alicyclic amines) is 1. The largest absolute Gasteiger partial charge is 0.336 e. The Morgan fingerprint density at radius 2 is 1.88 bits per heavy atom. The number of nitrogens with zero attached hydrogens (tertiary/aromatic N) is 1. The van der Waals surface area contributed by atoms with E-state index in [0.29, 0.717) is 19.5 Å². The maximum absolute atomic E-state index is 12.2. The first-order valence-corrected chi connectivity index (χ1v) is 8.48. The molecular formula is C20H23N3O2. The normalized spacial score (nSPS) is 16.8. The van der Waals surface area contributed by atoms with Crippen molar-refractivity contribution in [1.29, 1.82) is 0 Å². The summed E-state index contributed by atoms with van der Waals surface area (Å²) < 4.78 is 0. The number of aryl methyl sites for hydroxylation is 2. The average molecular weight is 337 g/mol. The van der Waals surface area contributed by atoms with Crippen molar-refractivity contribution < 1.29 is 9.59 Å². The molecule has 1 atom stereocenters. The van der Waals surface area contributed by atoms with Crippen molar-refractivity contribution >= 4 is 17.6 Å². The Morgan fingerprint density at radius 1 is 1.12 bits per heavy atom. The van der Waals surface area contributed by atoms with Crippen LogP contribution in [0.25, 0.3) is 0 Å². The van der Waals surface area contributed by atoms with E-state index in [1.165, 1.54) is 5.56 Å². The van der Waals surface area contributed by atoms with Crippen molar-refractivity contribution in [2.75, 3.05) is 11.9 Å². The minimum atomic E-state index is -0.275. The SMILES string of the molecule is Cc1ccc(NC(=O)NC2CC(=O)N(Cc3ccccc3)C2)cc1C. The molecule has 5 nitrogen and oxygen atoms in total. The van der Waals surface area contributed by atoms with E-state index < -0.39 is 0 Å². The Hall–Kier alpha value is -2.82. The molecular weight excluding hydrogens is 314 g/mol. The third kappa shape index (κ3) is 4.38. The molecule has 0 aliphatic carbocycles. The first kappa shape index (κ1) is 17.0. The second-order valence-electron chi connectivity index (χ2n) is 6.56. The van der Waals surface area contributed by atoms with Gasteiger partial charge in [-0.3, -0.25) is 4.79 Å². The van der Waals surface area contributed by atoms with E-state index in [0.717, 1.165) is 16.8 Å². The fourth-order valence-corrected chi connectivity index (χ4v) is 3.00. The summed E-state index contributed by atoms with van der Waals surface area (Å²) in [4.78, 5) is 26.1. The van der Waals surface area contributed by atoms with Crippen molar-refractivity contribution in [2.24, 2.45) is 0 Å². The predicted molar refractivity (Wildman–Crippen MR) is 98.3 cm³/mol. The van der Waals surface area contributed by atoms with Crippen LogP contribution in [0.3, 0.4) is 0 Å². The van der Waals surface area contributed by atoms with Crippen LogP contribution in [0.2, 0.25) is 0 Å². The maximum atomic E-state index is 12.2. The highest BCUT2D eigenvalue weighted by atomic mass is 16.2. The van der Waals surface area contributed by atoms with E-state index in [-0.39, 0.29) is 18.0 Å². The van der Waals surface area contributed by atoms with E-state index in [1.807, 2.05) is 62.4 Å². The number of hydrogen-bond acceptors (Lipinski definition) is 2. The molecule has 130 valence electrons. The molecule has 3 amide bonds. The lowest BCUT2D eigenvalue weighted by Gasteiger charge is -2.17. The summed E-state index contributed by atoms with van der Waals surface area (Å²) >= 11 is 0. The molecule has 1 fully saturated rings. The quantitative estimate of drug-likeness (QED) is 0.900. The Kier molecular flexibility index (Phi) is 5.03. The molecule has 1 saturated heterocycles. The molecule has 25 heavy (non-hydrogen) atoms. The van der Waals surface area contributed by atoms with Crippen molar-refractivity contribution in [1.82, 2.24) is 10.2 Å². The molecule has 5 heteroatoms. The van der Waals surface area contributed by atoms with Crippen LogP contribution in [-0.2, 0) is 11.3 Å². The topological polar surface area (TPSA) is 61.4 Å². The molecule has 1 aliphatic heterocycles. The fourth-order valence-electron chi connectivity index (χ4n) is 3.00. The van der Waals surface area contributed by atoms with Crippen molar-refractivity contribution in [3.8, 4) is 0 Å². The van der Waals surface area contributed by atoms with Crippen LogP contribution < -0.4 is 10.6 Å². The van der Waals surface area contributed by atoms with Crippen LogP contribution in [0, 0.1) is 13.8 Å². The molecule has 0 radical (unpaired) electrons. The zero-order valence-electron chi connectivity index (χ0n) is 14.6. The van der Waals surface area contributed by atoms with E-state index in [9.17, 15) is 9.59 Å². The lowest BCUT2D eigenvalue weighted by atomic mass is 10.1.